The number of methoxy groups -OCH3 is 1. The van der Waals surface area contributed by atoms with Crippen molar-refractivity contribution in [2.75, 3.05) is 32.3 Å². The molecule has 2 atom stereocenters. The van der Waals surface area contributed by atoms with E-state index in [1.54, 1.807) is 7.11 Å². The fraction of sp³-hybridized carbons (Fsp3) is 0.625. The second-order valence-corrected chi connectivity index (χ2v) is 6.33. The highest BCUT2D eigenvalue weighted by molar-refractivity contribution is 7.99. The van der Waals surface area contributed by atoms with E-state index < -0.39 is 0 Å². The van der Waals surface area contributed by atoms with Crippen molar-refractivity contribution in [3.05, 3.63) is 29.3 Å². The van der Waals surface area contributed by atoms with Crippen LogP contribution in [0.15, 0.2) is 18.2 Å². The minimum Gasteiger partial charge on any atom is -0.496 e. The molecule has 1 fully saturated rings. The molecule has 112 valence electrons. The molecule has 1 aliphatic heterocycles. The van der Waals surface area contributed by atoms with E-state index in [0.717, 1.165) is 23.9 Å². The molecule has 1 heterocycles. The van der Waals surface area contributed by atoms with Gasteiger partial charge < -0.3 is 14.8 Å². The zero-order valence-electron chi connectivity index (χ0n) is 12.6. The molecule has 0 aliphatic carbocycles. The minimum atomic E-state index is 0.316. The van der Waals surface area contributed by atoms with Crippen molar-refractivity contribution in [1.82, 2.24) is 5.32 Å². The van der Waals surface area contributed by atoms with Crippen LogP contribution in [0.3, 0.4) is 0 Å². The van der Waals surface area contributed by atoms with Crippen molar-refractivity contribution < 1.29 is 9.47 Å². The molecule has 2 unspecified atom stereocenters. The Balaban J connectivity index is 1.94. The molecule has 1 saturated heterocycles. The van der Waals surface area contributed by atoms with E-state index in [9.17, 15) is 0 Å². The van der Waals surface area contributed by atoms with Gasteiger partial charge >= 0.3 is 0 Å². The molecule has 1 N–H and O–H groups in total. The number of rotatable bonds is 7. The molecule has 3 nitrogen and oxygen atoms in total. The highest BCUT2D eigenvalue weighted by Gasteiger charge is 2.18. The van der Waals surface area contributed by atoms with Gasteiger partial charge in [0.2, 0.25) is 0 Å². The molecule has 4 heteroatoms. The van der Waals surface area contributed by atoms with Crippen LogP contribution in [0.25, 0.3) is 0 Å². The van der Waals surface area contributed by atoms with Gasteiger partial charge in [-0.3, -0.25) is 0 Å². The molecule has 1 aromatic carbocycles. The first-order valence-corrected chi connectivity index (χ1v) is 8.41. The number of hydrogen-bond acceptors (Lipinski definition) is 4. The number of thioether (sulfide) groups is 1. The van der Waals surface area contributed by atoms with E-state index in [4.69, 9.17) is 9.47 Å². The molecule has 0 aromatic heterocycles. The van der Waals surface area contributed by atoms with Crippen molar-refractivity contribution in [1.29, 1.82) is 0 Å². The van der Waals surface area contributed by atoms with Gasteiger partial charge in [-0.25, -0.2) is 0 Å². The number of nitrogens with one attached hydrogen (secondary N) is 1. The zero-order chi connectivity index (χ0) is 14.4. The van der Waals surface area contributed by atoms with Gasteiger partial charge in [-0.2, -0.15) is 11.8 Å². The standard InChI is InChI=1S/C16H25NO2S/c1-12-6-7-16(18-3)14(9-12)15(17-2)11-20-10-13-5-4-8-19-13/h6-7,9,13,15,17H,4-5,8,10-11H2,1-3H3. The largest absolute Gasteiger partial charge is 0.496 e. The predicted molar refractivity (Wildman–Crippen MR) is 85.8 cm³/mol. The van der Waals surface area contributed by atoms with Crippen LogP contribution in [0, 0.1) is 6.92 Å². The summed E-state index contributed by atoms with van der Waals surface area (Å²) < 4.78 is 11.2. The Hall–Kier alpha value is -0.710. The van der Waals surface area contributed by atoms with Gasteiger partial charge in [0, 0.05) is 29.7 Å². The summed E-state index contributed by atoms with van der Waals surface area (Å²) in [4.78, 5) is 0. The molecule has 0 radical (unpaired) electrons. The van der Waals surface area contributed by atoms with Crippen LogP contribution in [-0.4, -0.2) is 38.4 Å². The molecule has 1 aromatic rings. The summed E-state index contributed by atoms with van der Waals surface area (Å²) in [5.74, 6) is 3.09. The van der Waals surface area contributed by atoms with Crippen molar-refractivity contribution in [3.63, 3.8) is 0 Å². The van der Waals surface area contributed by atoms with Gasteiger partial charge in [0.1, 0.15) is 5.75 Å². The van der Waals surface area contributed by atoms with Crippen molar-refractivity contribution in [2.24, 2.45) is 0 Å². The molecule has 0 bridgehead atoms. The summed E-state index contributed by atoms with van der Waals surface area (Å²) in [7, 11) is 3.75. The molecule has 2 rings (SSSR count). The lowest BCUT2D eigenvalue weighted by molar-refractivity contribution is 0.129. The Bertz CT molecular complexity index is 419. The third kappa shape index (κ3) is 4.14. The van der Waals surface area contributed by atoms with Crippen LogP contribution < -0.4 is 10.1 Å². The van der Waals surface area contributed by atoms with E-state index in [-0.39, 0.29) is 0 Å². The van der Waals surface area contributed by atoms with Crippen molar-refractivity contribution in [2.45, 2.75) is 31.9 Å². The van der Waals surface area contributed by atoms with Crippen LogP contribution >= 0.6 is 11.8 Å². The van der Waals surface area contributed by atoms with Gasteiger partial charge in [0.15, 0.2) is 0 Å². The van der Waals surface area contributed by atoms with Gasteiger partial charge in [-0.1, -0.05) is 17.7 Å². The van der Waals surface area contributed by atoms with Crippen LogP contribution in [0.4, 0.5) is 0 Å². The summed E-state index contributed by atoms with van der Waals surface area (Å²) in [5.41, 5.74) is 2.51. The van der Waals surface area contributed by atoms with Crippen LogP contribution in [-0.2, 0) is 4.74 Å². The average Bonchev–Trinajstić information content (AvgIpc) is 2.97. The SMILES string of the molecule is CNC(CSCC1CCCO1)c1cc(C)ccc1OC. The van der Waals surface area contributed by atoms with E-state index in [0.29, 0.717) is 12.1 Å². The minimum absolute atomic E-state index is 0.316. The van der Waals surface area contributed by atoms with Gasteiger partial charge in [0.05, 0.1) is 13.2 Å². The first-order chi connectivity index (χ1) is 9.74. The molecular weight excluding hydrogens is 270 g/mol. The number of hydrogen-bond donors (Lipinski definition) is 1. The molecule has 0 saturated carbocycles. The smallest absolute Gasteiger partial charge is 0.123 e. The average molecular weight is 295 g/mol. The highest BCUT2D eigenvalue weighted by Crippen LogP contribution is 2.29. The van der Waals surface area contributed by atoms with Crippen LogP contribution in [0.1, 0.15) is 30.0 Å². The van der Waals surface area contributed by atoms with Crippen molar-refractivity contribution >= 4 is 11.8 Å². The second kappa shape index (κ2) is 7.91. The molecule has 20 heavy (non-hydrogen) atoms. The maximum atomic E-state index is 5.67. The quantitative estimate of drug-likeness (QED) is 0.837. The lowest BCUT2D eigenvalue weighted by Crippen LogP contribution is -2.21. The van der Waals surface area contributed by atoms with Crippen molar-refractivity contribution in [3.8, 4) is 5.75 Å². The number of aryl methyl sites for hydroxylation is 1. The normalized spacial score (nSPS) is 20.1. The third-order valence-corrected chi connectivity index (χ3v) is 4.90. The summed E-state index contributed by atoms with van der Waals surface area (Å²) in [6, 6.07) is 6.68. The van der Waals surface area contributed by atoms with Gasteiger partial charge in [-0.15, -0.1) is 0 Å². The van der Waals surface area contributed by atoms with Crippen LogP contribution in [0.5, 0.6) is 5.75 Å². The number of ether oxygens (including phenoxy) is 2. The zero-order valence-corrected chi connectivity index (χ0v) is 13.5. The molecular formula is C16H25NO2S. The summed E-state index contributed by atoms with van der Waals surface area (Å²) in [6.45, 7) is 3.06. The maximum absolute atomic E-state index is 5.67. The molecule has 1 aliphatic rings. The molecule has 0 amide bonds. The van der Waals surface area contributed by atoms with Gasteiger partial charge in [-0.05, 0) is 32.9 Å². The van der Waals surface area contributed by atoms with E-state index in [1.165, 1.54) is 24.0 Å². The number of benzene rings is 1. The Labute approximate surface area is 126 Å². The highest BCUT2D eigenvalue weighted by atomic mass is 32.2. The summed E-state index contributed by atoms with van der Waals surface area (Å²) in [6.07, 6.45) is 2.88. The topological polar surface area (TPSA) is 30.5 Å². The first kappa shape index (κ1) is 15.7. The maximum Gasteiger partial charge on any atom is 0.123 e. The van der Waals surface area contributed by atoms with E-state index >= 15 is 0 Å². The Kier molecular flexibility index (Phi) is 6.20. The lowest BCUT2D eigenvalue weighted by Gasteiger charge is -2.20. The second-order valence-electron chi connectivity index (χ2n) is 5.26. The van der Waals surface area contributed by atoms with Crippen LogP contribution in [0.2, 0.25) is 0 Å². The van der Waals surface area contributed by atoms with E-state index in [2.05, 4.69) is 30.4 Å². The monoisotopic (exact) mass is 295 g/mol. The Morgan fingerprint density at radius 3 is 3.00 bits per heavy atom. The fourth-order valence-corrected chi connectivity index (χ4v) is 3.79. The predicted octanol–water partition coefficient (Wildman–Crippen LogP) is 3.18. The molecule has 0 spiro atoms. The first-order valence-electron chi connectivity index (χ1n) is 7.25. The summed E-state index contributed by atoms with van der Waals surface area (Å²) in [5, 5.41) is 3.40. The fourth-order valence-electron chi connectivity index (χ4n) is 2.55. The van der Waals surface area contributed by atoms with Gasteiger partial charge in [0.25, 0.3) is 0 Å². The summed E-state index contributed by atoms with van der Waals surface area (Å²) >= 11 is 1.96. The lowest BCUT2D eigenvalue weighted by atomic mass is 10.0. The third-order valence-electron chi connectivity index (χ3n) is 3.72. The Morgan fingerprint density at radius 2 is 2.35 bits per heavy atom. The Morgan fingerprint density at radius 1 is 1.50 bits per heavy atom. The van der Waals surface area contributed by atoms with E-state index in [1.807, 2.05) is 18.8 Å².